The summed E-state index contributed by atoms with van der Waals surface area (Å²) in [6.07, 6.45) is 4.70. The molecule has 0 bridgehead atoms. The number of aromatic nitrogens is 3. The molecule has 0 amide bonds. The maximum Gasteiger partial charge on any atom is 0.222 e. The highest BCUT2D eigenvalue weighted by atomic mass is 32.2. The molecule has 0 saturated carbocycles. The zero-order valence-corrected chi connectivity index (χ0v) is 18.8. The van der Waals surface area contributed by atoms with Crippen LogP contribution in [-0.2, 0) is 19.6 Å². The summed E-state index contributed by atoms with van der Waals surface area (Å²) in [6, 6.07) is 24.7. The molecular weight excluding hydrogens is 416 g/mol. The SMILES string of the molecule is CSc1ccc(N2CCc3nc(-c4ccccn4)nc(OCc4ccccc4)c3C2)cc1. The maximum atomic E-state index is 6.26. The number of benzene rings is 2. The van der Waals surface area contributed by atoms with E-state index >= 15 is 0 Å². The highest BCUT2D eigenvalue weighted by Gasteiger charge is 2.24. The van der Waals surface area contributed by atoms with E-state index in [0.29, 0.717) is 18.3 Å². The summed E-state index contributed by atoms with van der Waals surface area (Å²) in [7, 11) is 0. The van der Waals surface area contributed by atoms with E-state index in [9.17, 15) is 0 Å². The Hall–Kier alpha value is -3.38. The van der Waals surface area contributed by atoms with Gasteiger partial charge in [0.1, 0.15) is 12.3 Å². The molecule has 2 aromatic carbocycles. The van der Waals surface area contributed by atoms with Crippen LogP contribution in [0.4, 0.5) is 5.69 Å². The Morgan fingerprint density at radius 1 is 0.938 bits per heavy atom. The Balaban J connectivity index is 1.48. The van der Waals surface area contributed by atoms with Gasteiger partial charge in [-0.25, -0.2) is 4.98 Å². The Morgan fingerprint density at radius 2 is 1.75 bits per heavy atom. The molecule has 5 nitrogen and oxygen atoms in total. The van der Waals surface area contributed by atoms with E-state index in [2.05, 4.69) is 52.5 Å². The van der Waals surface area contributed by atoms with Gasteiger partial charge in [0, 0.05) is 29.7 Å². The summed E-state index contributed by atoms with van der Waals surface area (Å²) < 4.78 is 6.26. The summed E-state index contributed by atoms with van der Waals surface area (Å²) in [5, 5.41) is 0. The van der Waals surface area contributed by atoms with Crippen molar-refractivity contribution in [2.45, 2.75) is 24.5 Å². The average Bonchev–Trinajstić information content (AvgIpc) is 2.88. The van der Waals surface area contributed by atoms with E-state index in [1.165, 1.54) is 10.6 Å². The summed E-state index contributed by atoms with van der Waals surface area (Å²) in [5.41, 5.74) is 5.17. The fourth-order valence-electron chi connectivity index (χ4n) is 3.85. The van der Waals surface area contributed by atoms with Crippen LogP contribution < -0.4 is 9.64 Å². The molecule has 1 aliphatic rings. The number of fused-ring (bicyclic) bond motifs is 1. The Labute approximate surface area is 192 Å². The minimum absolute atomic E-state index is 0.467. The molecule has 5 rings (SSSR count). The second-order valence-electron chi connectivity index (χ2n) is 7.64. The predicted molar refractivity (Wildman–Crippen MR) is 129 cm³/mol. The monoisotopic (exact) mass is 440 g/mol. The minimum Gasteiger partial charge on any atom is -0.472 e. The van der Waals surface area contributed by atoms with Crippen LogP contribution in [0.25, 0.3) is 11.5 Å². The second kappa shape index (κ2) is 9.40. The van der Waals surface area contributed by atoms with Crippen LogP contribution in [-0.4, -0.2) is 27.8 Å². The van der Waals surface area contributed by atoms with Gasteiger partial charge in [-0.2, -0.15) is 4.98 Å². The maximum absolute atomic E-state index is 6.26. The predicted octanol–water partition coefficient (Wildman–Crippen LogP) is 5.40. The smallest absolute Gasteiger partial charge is 0.222 e. The van der Waals surface area contributed by atoms with Crippen molar-refractivity contribution in [2.24, 2.45) is 0 Å². The number of rotatable bonds is 6. The first-order chi connectivity index (χ1) is 15.8. The van der Waals surface area contributed by atoms with E-state index in [0.717, 1.165) is 42.0 Å². The van der Waals surface area contributed by atoms with Crippen molar-refractivity contribution in [2.75, 3.05) is 17.7 Å². The van der Waals surface area contributed by atoms with Gasteiger partial charge in [-0.3, -0.25) is 4.98 Å². The van der Waals surface area contributed by atoms with Gasteiger partial charge in [0.05, 0.1) is 17.8 Å². The van der Waals surface area contributed by atoms with Crippen LogP contribution in [0.2, 0.25) is 0 Å². The van der Waals surface area contributed by atoms with Crippen molar-refractivity contribution in [1.82, 2.24) is 15.0 Å². The molecule has 4 aromatic rings. The van der Waals surface area contributed by atoms with Crippen LogP contribution in [0.5, 0.6) is 5.88 Å². The lowest BCUT2D eigenvalue weighted by molar-refractivity contribution is 0.288. The third kappa shape index (κ3) is 4.46. The van der Waals surface area contributed by atoms with Gasteiger partial charge in [-0.05, 0) is 48.2 Å². The second-order valence-corrected chi connectivity index (χ2v) is 8.52. The molecule has 160 valence electrons. The van der Waals surface area contributed by atoms with E-state index in [1.807, 2.05) is 36.4 Å². The molecule has 0 unspecified atom stereocenters. The van der Waals surface area contributed by atoms with Gasteiger partial charge in [0.2, 0.25) is 5.88 Å². The highest BCUT2D eigenvalue weighted by molar-refractivity contribution is 7.98. The van der Waals surface area contributed by atoms with Crippen molar-refractivity contribution < 1.29 is 4.74 Å². The molecule has 0 spiro atoms. The molecule has 0 N–H and O–H groups in total. The van der Waals surface area contributed by atoms with Crippen LogP contribution in [0.15, 0.2) is 83.9 Å². The summed E-state index contributed by atoms with van der Waals surface area (Å²) in [4.78, 5) is 17.7. The van der Waals surface area contributed by atoms with Crippen molar-refractivity contribution in [1.29, 1.82) is 0 Å². The molecule has 1 aliphatic heterocycles. The number of pyridine rings is 1. The first kappa shape index (κ1) is 20.5. The average molecular weight is 441 g/mol. The van der Waals surface area contributed by atoms with Crippen molar-refractivity contribution >= 4 is 17.4 Å². The van der Waals surface area contributed by atoms with Gasteiger partial charge in [0.15, 0.2) is 5.82 Å². The fraction of sp³-hybridized carbons (Fsp3) is 0.192. The zero-order valence-electron chi connectivity index (χ0n) is 17.9. The third-order valence-corrected chi connectivity index (χ3v) is 6.32. The van der Waals surface area contributed by atoms with Gasteiger partial charge < -0.3 is 9.64 Å². The number of ether oxygens (including phenoxy) is 1. The van der Waals surface area contributed by atoms with Gasteiger partial charge in [0.25, 0.3) is 0 Å². The minimum atomic E-state index is 0.467. The molecule has 3 heterocycles. The van der Waals surface area contributed by atoms with Crippen molar-refractivity contribution in [3.05, 3.63) is 95.8 Å². The first-order valence-corrected chi connectivity index (χ1v) is 11.9. The molecule has 0 aliphatic carbocycles. The first-order valence-electron chi connectivity index (χ1n) is 10.7. The van der Waals surface area contributed by atoms with Gasteiger partial charge in [-0.1, -0.05) is 36.4 Å². The molecule has 6 heteroatoms. The Kier molecular flexibility index (Phi) is 6.03. The third-order valence-electron chi connectivity index (χ3n) is 5.57. The van der Waals surface area contributed by atoms with E-state index in [-0.39, 0.29) is 0 Å². The van der Waals surface area contributed by atoms with Gasteiger partial charge >= 0.3 is 0 Å². The molecular formula is C26H24N4OS. The zero-order chi connectivity index (χ0) is 21.8. The number of hydrogen-bond donors (Lipinski definition) is 0. The van der Waals surface area contributed by atoms with Crippen LogP contribution >= 0.6 is 11.8 Å². The lowest BCUT2D eigenvalue weighted by atomic mass is 10.1. The summed E-state index contributed by atoms with van der Waals surface area (Å²) in [5.74, 6) is 1.26. The quantitative estimate of drug-likeness (QED) is 0.374. The molecule has 2 aromatic heterocycles. The summed E-state index contributed by atoms with van der Waals surface area (Å²) in [6.45, 7) is 2.09. The van der Waals surface area contributed by atoms with Crippen LogP contribution in [0.1, 0.15) is 16.8 Å². The Bertz CT molecular complexity index is 1180. The Morgan fingerprint density at radius 3 is 2.50 bits per heavy atom. The summed E-state index contributed by atoms with van der Waals surface area (Å²) >= 11 is 1.75. The molecule has 0 saturated heterocycles. The lowest BCUT2D eigenvalue weighted by Crippen LogP contribution is -2.31. The lowest BCUT2D eigenvalue weighted by Gasteiger charge is -2.31. The normalized spacial score (nSPS) is 13.0. The molecule has 0 fully saturated rings. The fourth-order valence-corrected chi connectivity index (χ4v) is 4.26. The van der Waals surface area contributed by atoms with E-state index in [4.69, 9.17) is 14.7 Å². The van der Waals surface area contributed by atoms with Crippen LogP contribution in [0.3, 0.4) is 0 Å². The van der Waals surface area contributed by atoms with E-state index < -0.39 is 0 Å². The number of thioether (sulfide) groups is 1. The number of hydrogen-bond acceptors (Lipinski definition) is 6. The standard InChI is InChI=1S/C26H24N4OS/c1-32-21-12-10-20(11-13-21)30-16-14-23-22(17-30)26(31-18-19-7-3-2-4-8-19)29-25(28-23)24-9-5-6-15-27-24/h2-13,15H,14,16-18H2,1H3. The van der Waals surface area contributed by atoms with Crippen molar-refractivity contribution in [3.8, 4) is 17.4 Å². The largest absolute Gasteiger partial charge is 0.472 e. The van der Waals surface area contributed by atoms with Gasteiger partial charge in [-0.15, -0.1) is 11.8 Å². The number of nitrogens with zero attached hydrogens (tertiary/aromatic N) is 4. The molecule has 0 radical (unpaired) electrons. The molecule has 32 heavy (non-hydrogen) atoms. The highest BCUT2D eigenvalue weighted by Crippen LogP contribution is 2.32. The van der Waals surface area contributed by atoms with Crippen LogP contribution in [0, 0.1) is 0 Å². The van der Waals surface area contributed by atoms with Crippen molar-refractivity contribution in [3.63, 3.8) is 0 Å². The molecule has 0 atom stereocenters. The van der Waals surface area contributed by atoms with E-state index in [1.54, 1.807) is 18.0 Å². The topological polar surface area (TPSA) is 51.1 Å². The number of anilines is 1.